The minimum atomic E-state index is -0.631. The molecule has 2 fully saturated rings. The van der Waals surface area contributed by atoms with Gasteiger partial charge in [0.2, 0.25) is 0 Å². The number of hydrogen-bond acceptors (Lipinski definition) is 6. The number of fused-ring (bicyclic) bond motifs is 5. The summed E-state index contributed by atoms with van der Waals surface area (Å²) in [6.45, 7) is 4.14. The van der Waals surface area contributed by atoms with Crippen molar-refractivity contribution >= 4 is 5.97 Å². The number of methoxy groups -OCH3 is 1. The SMILES string of the molecule is CCOC(=O)/C(C#N)=C\N[C@H]1C[C@H]2[C@@H]3CCc4cc(OC)ccc4[C@H]3CC[C@]2(C)[C@H]1O. The minimum absolute atomic E-state index is 0.0625. The predicted octanol–water partition coefficient (Wildman–Crippen LogP) is 3.45. The molecule has 0 unspecified atom stereocenters. The number of benzene rings is 1. The Balaban J connectivity index is 1.54. The van der Waals surface area contributed by atoms with Gasteiger partial charge < -0.3 is 19.9 Å². The molecule has 1 aromatic carbocycles. The topological polar surface area (TPSA) is 91.6 Å². The van der Waals surface area contributed by atoms with E-state index in [-0.39, 0.29) is 23.6 Å². The molecule has 3 aliphatic rings. The second-order valence-corrected chi connectivity index (χ2v) is 9.37. The van der Waals surface area contributed by atoms with E-state index in [0.29, 0.717) is 17.8 Å². The van der Waals surface area contributed by atoms with E-state index in [0.717, 1.165) is 37.9 Å². The van der Waals surface area contributed by atoms with Crippen molar-refractivity contribution in [2.75, 3.05) is 13.7 Å². The van der Waals surface area contributed by atoms with Crippen LogP contribution in [0.4, 0.5) is 0 Å². The molecule has 0 radical (unpaired) electrons. The number of hydrogen-bond donors (Lipinski definition) is 2. The summed E-state index contributed by atoms with van der Waals surface area (Å²) in [5.74, 6) is 1.73. The van der Waals surface area contributed by atoms with Gasteiger partial charge in [-0.15, -0.1) is 0 Å². The van der Waals surface area contributed by atoms with E-state index in [1.54, 1.807) is 14.0 Å². The molecule has 2 saturated carbocycles. The van der Waals surface area contributed by atoms with E-state index in [4.69, 9.17) is 9.47 Å². The molecule has 3 aliphatic carbocycles. The molecule has 6 atom stereocenters. The fourth-order valence-corrected chi connectivity index (χ4v) is 6.40. The van der Waals surface area contributed by atoms with E-state index >= 15 is 0 Å². The summed E-state index contributed by atoms with van der Waals surface area (Å²) in [6.07, 6.45) is 5.94. The standard InChI is InChI=1S/C25H32N2O4/c1-4-31-24(29)16(13-26)14-27-22-12-21-20-7-5-15-11-17(30-3)6-8-18(15)19(20)9-10-25(21,2)23(22)28/h6,8,11,14,19-23,27-28H,4-5,7,9-10,12H2,1-3H3/b16-14-/t19-,20-,21+,22+,23+,25+/m1/s1. The molecule has 4 rings (SSSR count). The number of aliphatic hydroxyl groups is 1. The number of aryl methyl sites for hydroxylation is 1. The average Bonchev–Trinajstić information content (AvgIpc) is 3.04. The molecule has 6 heteroatoms. The second-order valence-electron chi connectivity index (χ2n) is 9.37. The highest BCUT2D eigenvalue weighted by molar-refractivity contribution is 5.92. The van der Waals surface area contributed by atoms with Gasteiger partial charge in [-0.05, 0) is 85.5 Å². The van der Waals surface area contributed by atoms with E-state index < -0.39 is 12.1 Å². The van der Waals surface area contributed by atoms with E-state index in [1.165, 1.54) is 17.3 Å². The number of esters is 1. The van der Waals surface area contributed by atoms with Crippen molar-refractivity contribution in [3.8, 4) is 11.8 Å². The van der Waals surface area contributed by atoms with Crippen LogP contribution in [-0.4, -0.2) is 36.9 Å². The minimum Gasteiger partial charge on any atom is -0.497 e. The van der Waals surface area contributed by atoms with Crippen LogP contribution in [0, 0.1) is 28.6 Å². The summed E-state index contributed by atoms with van der Waals surface area (Å²) >= 11 is 0. The number of nitrogens with zero attached hydrogens (tertiary/aromatic N) is 1. The summed E-state index contributed by atoms with van der Waals surface area (Å²) in [6, 6.07) is 8.19. The first-order valence-electron chi connectivity index (χ1n) is 11.3. The summed E-state index contributed by atoms with van der Waals surface area (Å²) in [5, 5.41) is 23.7. The third-order valence-electron chi connectivity index (χ3n) is 7.99. The summed E-state index contributed by atoms with van der Waals surface area (Å²) in [4.78, 5) is 11.9. The zero-order valence-corrected chi connectivity index (χ0v) is 18.6. The third-order valence-corrected chi connectivity index (χ3v) is 7.99. The highest BCUT2D eigenvalue weighted by Gasteiger charge is 2.57. The summed E-state index contributed by atoms with van der Waals surface area (Å²) in [5.41, 5.74) is 2.62. The lowest BCUT2D eigenvalue weighted by atomic mass is 9.55. The Morgan fingerprint density at radius 2 is 2.23 bits per heavy atom. The van der Waals surface area contributed by atoms with Crippen LogP contribution in [0.2, 0.25) is 0 Å². The van der Waals surface area contributed by atoms with Crippen molar-refractivity contribution in [2.24, 2.45) is 17.3 Å². The van der Waals surface area contributed by atoms with Crippen LogP contribution >= 0.6 is 0 Å². The van der Waals surface area contributed by atoms with Gasteiger partial charge in [0.1, 0.15) is 11.8 Å². The summed E-state index contributed by atoms with van der Waals surface area (Å²) < 4.78 is 10.3. The lowest BCUT2D eigenvalue weighted by Crippen LogP contribution is -2.46. The fourth-order valence-electron chi connectivity index (χ4n) is 6.40. The predicted molar refractivity (Wildman–Crippen MR) is 116 cm³/mol. The number of rotatable bonds is 5. The van der Waals surface area contributed by atoms with Crippen molar-refractivity contribution in [2.45, 2.75) is 64.0 Å². The van der Waals surface area contributed by atoms with Crippen LogP contribution < -0.4 is 10.1 Å². The highest BCUT2D eigenvalue weighted by atomic mass is 16.5. The number of aliphatic hydroxyl groups excluding tert-OH is 1. The van der Waals surface area contributed by atoms with E-state index in [9.17, 15) is 15.2 Å². The Morgan fingerprint density at radius 1 is 1.42 bits per heavy atom. The molecule has 0 saturated heterocycles. The largest absolute Gasteiger partial charge is 0.497 e. The normalized spacial score (nSPS) is 34.0. The van der Waals surface area contributed by atoms with Crippen LogP contribution in [-0.2, 0) is 16.0 Å². The Hall–Kier alpha value is -2.52. The van der Waals surface area contributed by atoms with Gasteiger partial charge in [-0.1, -0.05) is 13.0 Å². The highest BCUT2D eigenvalue weighted by Crippen LogP contribution is 2.61. The number of ether oxygens (including phenoxy) is 2. The van der Waals surface area contributed by atoms with E-state index in [1.807, 2.05) is 6.07 Å². The van der Waals surface area contributed by atoms with Gasteiger partial charge >= 0.3 is 5.97 Å². The Labute approximate surface area is 184 Å². The first-order chi connectivity index (χ1) is 14.9. The molecule has 31 heavy (non-hydrogen) atoms. The van der Waals surface area contributed by atoms with Crippen LogP contribution in [0.3, 0.4) is 0 Å². The Morgan fingerprint density at radius 3 is 2.94 bits per heavy atom. The Kier molecular flexibility index (Phi) is 5.98. The molecular formula is C25H32N2O4. The fraction of sp³-hybridized carbons (Fsp3) is 0.600. The molecular weight excluding hydrogens is 392 g/mol. The van der Waals surface area contributed by atoms with Crippen molar-refractivity contribution in [3.05, 3.63) is 41.1 Å². The average molecular weight is 425 g/mol. The van der Waals surface area contributed by atoms with E-state index in [2.05, 4.69) is 30.4 Å². The van der Waals surface area contributed by atoms with Gasteiger partial charge in [0.05, 0.1) is 25.9 Å². The molecule has 0 aliphatic heterocycles. The zero-order valence-electron chi connectivity index (χ0n) is 18.6. The van der Waals surface area contributed by atoms with Gasteiger partial charge in [0.25, 0.3) is 0 Å². The third kappa shape index (κ3) is 3.70. The van der Waals surface area contributed by atoms with Gasteiger partial charge in [-0.3, -0.25) is 0 Å². The van der Waals surface area contributed by atoms with Gasteiger partial charge in [-0.25, -0.2) is 4.79 Å². The van der Waals surface area contributed by atoms with Crippen molar-refractivity contribution in [3.63, 3.8) is 0 Å². The number of nitriles is 1. The van der Waals surface area contributed by atoms with Crippen molar-refractivity contribution < 1.29 is 19.4 Å². The first kappa shape index (κ1) is 21.7. The zero-order chi connectivity index (χ0) is 22.2. The molecule has 0 spiro atoms. The van der Waals surface area contributed by atoms with Crippen molar-refractivity contribution in [1.82, 2.24) is 5.32 Å². The molecule has 166 valence electrons. The number of carbonyl (C=O) groups excluding carboxylic acids is 1. The quantitative estimate of drug-likeness (QED) is 0.427. The van der Waals surface area contributed by atoms with Crippen LogP contribution in [0.15, 0.2) is 30.0 Å². The maximum absolute atomic E-state index is 11.9. The second kappa shape index (κ2) is 8.55. The van der Waals surface area contributed by atoms with Gasteiger partial charge in [0.15, 0.2) is 5.57 Å². The number of carbonyl (C=O) groups is 1. The Bertz CT molecular complexity index is 921. The van der Waals surface area contributed by atoms with Crippen LogP contribution in [0.25, 0.3) is 0 Å². The molecule has 6 nitrogen and oxygen atoms in total. The van der Waals surface area contributed by atoms with Crippen LogP contribution in [0.1, 0.15) is 56.6 Å². The lowest BCUT2D eigenvalue weighted by Gasteiger charge is -2.50. The molecule has 0 amide bonds. The summed E-state index contributed by atoms with van der Waals surface area (Å²) in [7, 11) is 1.71. The smallest absolute Gasteiger partial charge is 0.350 e. The number of nitrogens with one attached hydrogen (secondary N) is 1. The molecule has 0 heterocycles. The molecule has 1 aromatic rings. The van der Waals surface area contributed by atoms with Crippen LogP contribution in [0.5, 0.6) is 5.75 Å². The maximum Gasteiger partial charge on any atom is 0.350 e. The lowest BCUT2D eigenvalue weighted by molar-refractivity contribution is -0.138. The van der Waals surface area contributed by atoms with Gasteiger partial charge in [0, 0.05) is 6.20 Å². The maximum atomic E-state index is 11.9. The van der Waals surface area contributed by atoms with Gasteiger partial charge in [-0.2, -0.15) is 5.26 Å². The molecule has 2 N–H and O–H groups in total. The monoisotopic (exact) mass is 424 g/mol. The first-order valence-corrected chi connectivity index (χ1v) is 11.3. The molecule has 0 bridgehead atoms. The van der Waals surface area contributed by atoms with Crippen molar-refractivity contribution in [1.29, 1.82) is 5.26 Å². The molecule has 0 aromatic heterocycles.